The number of nitrogens with zero attached hydrogens (tertiary/aromatic N) is 5. The maximum Gasteiger partial charge on any atom is 0.408 e. The molecular weight excluding hydrogens is 544 g/mol. The number of anilines is 1. The number of hydrogen-bond acceptors (Lipinski definition) is 9. The van der Waals surface area contributed by atoms with E-state index in [1.807, 2.05) is 16.7 Å². The van der Waals surface area contributed by atoms with Crippen molar-refractivity contribution in [3.63, 3.8) is 0 Å². The van der Waals surface area contributed by atoms with E-state index in [1.54, 1.807) is 6.33 Å². The number of fused-ring (bicyclic) bond motifs is 2. The zero-order valence-electron chi connectivity index (χ0n) is 18.3. The lowest BCUT2D eigenvalue weighted by Gasteiger charge is -2.35. The van der Waals surface area contributed by atoms with E-state index >= 15 is 0 Å². The highest BCUT2D eigenvalue weighted by Crippen LogP contribution is 2.43. The molecule has 4 heterocycles. The van der Waals surface area contributed by atoms with Crippen LogP contribution in [0.5, 0.6) is 11.5 Å². The van der Waals surface area contributed by atoms with Crippen LogP contribution in [-0.4, -0.2) is 66.1 Å². The van der Waals surface area contributed by atoms with Gasteiger partial charge in [0.1, 0.15) is 6.04 Å². The predicted molar refractivity (Wildman–Crippen MR) is 127 cm³/mol. The number of likely N-dealkylation sites (tertiary alicyclic amines) is 1. The van der Waals surface area contributed by atoms with Crippen molar-refractivity contribution in [3.8, 4) is 23.0 Å². The van der Waals surface area contributed by atoms with Gasteiger partial charge in [-0.1, -0.05) is 0 Å². The lowest BCUT2D eigenvalue weighted by atomic mass is 9.88. The Morgan fingerprint density at radius 1 is 1.23 bits per heavy atom. The van der Waals surface area contributed by atoms with Crippen LogP contribution < -0.4 is 15.2 Å². The Morgan fingerprint density at radius 2 is 2.00 bits per heavy atom. The second kappa shape index (κ2) is 9.41. The van der Waals surface area contributed by atoms with E-state index < -0.39 is 18.1 Å². The molecule has 1 aromatic carbocycles. The van der Waals surface area contributed by atoms with E-state index in [2.05, 4.69) is 30.9 Å². The summed E-state index contributed by atoms with van der Waals surface area (Å²) in [6.45, 7) is 0.889. The summed E-state index contributed by atoms with van der Waals surface area (Å²) in [6, 6.07) is 2.65. The minimum absolute atomic E-state index is 0.0492. The number of aromatic nitrogens is 4. The third kappa shape index (κ3) is 4.67. The van der Waals surface area contributed by atoms with Crippen molar-refractivity contribution in [2.45, 2.75) is 41.9 Å². The van der Waals surface area contributed by atoms with Crippen molar-refractivity contribution in [2.75, 3.05) is 19.1 Å². The standard InChI is InChI=1S/C21H21BrN6O6S/c22-11-6-13-14(34-9-33-13)7-15(11)35-20-25-16-17(23)24-8-27(18(16)26-20)3-1-10-2-4-28(21(31)32)12(5-10)19(29)30/h6-8,10,12H,1-5,9,23H2,(H,29,30)(H,31,32)/t10-,12+/m1/s1. The summed E-state index contributed by atoms with van der Waals surface area (Å²) >= 11 is 4.89. The number of rotatable bonds is 6. The number of aryl methyl sites for hydroxylation is 1. The van der Waals surface area contributed by atoms with Gasteiger partial charge in [-0.3, -0.25) is 4.90 Å². The van der Waals surface area contributed by atoms with Crippen molar-refractivity contribution in [2.24, 2.45) is 5.92 Å². The van der Waals surface area contributed by atoms with Gasteiger partial charge in [-0.15, -0.1) is 0 Å². The van der Waals surface area contributed by atoms with Gasteiger partial charge in [0, 0.05) is 22.5 Å². The highest BCUT2D eigenvalue weighted by atomic mass is 79.9. The van der Waals surface area contributed by atoms with Gasteiger partial charge < -0.3 is 30.0 Å². The monoisotopic (exact) mass is 564 g/mol. The molecule has 12 nitrogen and oxygen atoms in total. The lowest BCUT2D eigenvalue weighted by Crippen LogP contribution is -2.49. The fraction of sp³-hybridized carbons (Fsp3) is 0.381. The van der Waals surface area contributed by atoms with Crippen LogP contribution in [0.1, 0.15) is 19.3 Å². The maximum absolute atomic E-state index is 11.6. The van der Waals surface area contributed by atoms with Crippen LogP contribution in [0.3, 0.4) is 0 Å². The van der Waals surface area contributed by atoms with Crippen LogP contribution in [0, 0.1) is 5.92 Å². The molecule has 0 aliphatic carbocycles. The molecule has 184 valence electrons. The number of amides is 1. The molecule has 1 amide bonds. The minimum Gasteiger partial charge on any atom is -0.480 e. The second-order valence-electron chi connectivity index (χ2n) is 8.25. The molecule has 0 spiro atoms. The van der Waals surface area contributed by atoms with Crippen LogP contribution in [0.15, 0.2) is 33.0 Å². The molecule has 4 aliphatic heterocycles. The van der Waals surface area contributed by atoms with Gasteiger partial charge in [0.2, 0.25) is 6.79 Å². The average molecular weight is 565 g/mol. The molecule has 1 aromatic rings. The zero-order chi connectivity index (χ0) is 24.7. The van der Waals surface area contributed by atoms with Crippen LogP contribution >= 0.6 is 27.7 Å². The molecule has 2 atom stereocenters. The molecule has 35 heavy (non-hydrogen) atoms. The van der Waals surface area contributed by atoms with Crippen molar-refractivity contribution in [1.82, 2.24) is 24.4 Å². The van der Waals surface area contributed by atoms with E-state index in [-0.39, 0.29) is 31.5 Å². The number of nitrogen functional groups attached to an aromatic ring is 1. The SMILES string of the molecule is Nc1ncn(CC[C@@H]2CCN(C(=O)O)[C@H](C(=O)O)C2)c2nc(Sc3cc4c(cc3Br)OCO4)nc1-2. The molecule has 14 heteroatoms. The lowest BCUT2D eigenvalue weighted by molar-refractivity contribution is -0.144. The first kappa shape index (κ1) is 23.5. The van der Waals surface area contributed by atoms with Crippen molar-refractivity contribution >= 4 is 45.6 Å². The second-order valence-corrected chi connectivity index (χ2v) is 10.1. The first-order chi connectivity index (χ1) is 16.8. The van der Waals surface area contributed by atoms with Gasteiger partial charge in [0.25, 0.3) is 0 Å². The smallest absolute Gasteiger partial charge is 0.408 e. The molecule has 0 unspecified atom stereocenters. The Morgan fingerprint density at radius 3 is 2.74 bits per heavy atom. The molecule has 0 saturated carbocycles. The fourth-order valence-electron chi connectivity index (χ4n) is 4.30. The van der Waals surface area contributed by atoms with Gasteiger partial charge in [-0.25, -0.2) is 24.5 Å². The van der Waals surface area contributed by atoms with E-state index in [0.29, 0.717) is 47.6 Å². The molecule has 4 N–H and O–H groups in total. The first-order valence-electron chi connectivity index (χ1n) is 10.8. The van der Waals surface area contributed by atoms with Crippen LogP contribution in [0.4, 0.5) is 10.6 Å². The summed E-state index contributed by atoms with van der Waals surface area (Å²) in [5, 5.41) is 19.2. The minimum atomic E-state index is -1.21. The molecule has 0 radical (unpaired) electrons. The van der Waals surface area contributed by atoms with Gasteiger partial charge in [0.15, 0.2) is 34.0 Å². The van der Waals surface area contributed by atoms with Gasteiger partial charge in [-0.2, -0.15) is 0 Å². The van der Waals surface area contributed by atoms with E-state index in [4.69, 9.17) is 15.2 Å². The summed E-state index contributed by atoms with van der Waals surface area (Å²) in [5.74, 6) is 1.08. The quantitative estimate of drug-likeness (QED) is 0.402. The molecule has 1 saturated heterocycles. The van der Waals surface area contributed by atoms with Gasteiger partial charge in [0.05, 0.1) is 6.33 Å². The number of carbonyl (C=O) groups is 2. The number of carboxylic acids is 1. The number of halogens is 1. The highest BCUT2D eigenvalue weighted by molar-refractivity contribution is 9.10. The Balaban J connectivity index is 1.33. The third-order valence-electron chi connectivity index (χ3n) is 6.12. The number of benzene rings is 1. The topological polar surface area (TPSA) is 166 Å². The molecule has 0 aromatic heterocycles. The summed E-state index contributed by atoms with van der Waals surface area (Å²) < 4.78 is 13.5. The van der Waals surface area contributed by atoms with Crippen molar-refractivity contribution in [1.29, 1.82) is 0 Å². The number of nitrogens with two attached hydrogens (primary N) is 1. The largest absolute Gasteiger partial charge is 0.480 e. The summed E-state index contributed by atoms with van der Waals surface area (Å²) in [7, 11) is 0. The van der Waals surface area contributed by atoms with Gasteiger partial charge >= 0.3 is 12.1 Å². The highest BCUT2D eigenvalue weighted by Gasteiger charge is 2.36. The van der Waals surface area contributed by atoms with E-state index in [0.717, 1.165) is 14.3 Å². The number of imidazole rings is 1. The zero-order valence-corrected chi connectivity index (χ0v) is 20.7. The van der Waals surface area contributed by atoms with Crippen molar-refractivity contribution < 1.29 is 29.3 Å². The van der Waals surface area contributed by atoms with Crippen LogP contribution in [0.25, 0.3) is 11.5 Å². The van der Waals surface area contributed by atoms with Crippen molar-refractivity contribution in [3.05, 3.63) is 22.9 Å². The molecular formula is C21H21BrN6O6S. The average Bonchev–Trinajstić information content (AvgIpc) is 3.46. The predicted octanol–water partition coefficient (Wildman–Crippen LogP) is 3.24. The fourth-order valence-corrected chi connectivity index (χ4v) is 5.66. The van der Waals surface area contributed by atoms with Gasteiger partial charge in [-0.05, 0) is 65.0 Å². The molecule has 5 rings (SSSR count). The summed E-state index contributed by atoms with van der Waals surface area (Å²) in [4.78, 5) is 38.2. The number of aliphatic carboxylic acids is 1. The van der Waals surface area contributed by atoms with E-state index in [1.165, 1.54) is 11.8 Å². The maximum atomic E-state index is 11.6. The van der Waals surface area contributed by atoms with E-state index in [9.17, 15) is 19.8 Å². The Labute approximate surface area is 211 Å². The Bertz CT molecular complexity index is 1270. The third-order valence-corrected chi connectivity index (χ3v) is 7.96. The molecule has 4 aliphatic rings. The first-order valence-corrected chi connectivity index (χ1v) is 12.4. The number of ether oxygens (including phenoxy) is 2. The summed E-state index contributed by atoms with van der Waals surface area (Å²) in [6.07, 6.45) is 1.89. The Hall–Kier alpha value is -3.26. The Kier molecular flexibility index (Phi) is 6.32. The normalized spacial score (nSPS) is 19.3. The molecule has 1 fully saturated rings. The van der Waals surface area contributed by atoms with Crippen LogP contribution in [-0.2, 0) is 11.3 Å². The summed E-state index contributed by atoms with van der Waals surface area (Å²) in [5.41, 5.74) is 6.54. The molecule has 0 bridgehead atoms. The number of hydrogen-bond donors (Lipinski definition) is 3. The number of carboxylic acid groups (broad SMARTS) is 2. The number of piperidine rings is 1. The van der Waals surface area contributed by atoms with Crippen LogP contribution in [0.2, 0.25) is 0 Å².